The summed E-state index contributed by atoms with van der Waals surface area (Å²) < 4.78 is 63.3. The molecule has 1 aromatic heterocycles. The first-order chi connectivity index (χ1) is 10.2. The van der Waals surface area contributed by atoms with Gasteiger partial charge in [-0.2, -0.15) is 16.8 Å². The van der Waals surface area contributed by atoms with E-state index in [1.807, 2.05) is 0 Å². The van der Waals surface area contributed by atoms with E-state index >= 15 is 0 Å². The maximum Gasteiger partial charge on any atom is 0.350 e. The first kappa shape index (κ1) is 18.7. The molecule has 0 aromatic carbocycles. The van der Waals surface area contributed by atoms with E-state index in [0.29, 0.717) is 12.1 Å². The number of aliphatic carboxylic acids is 2. The van der Waals surface area contributed by atoms with Gasteiger partial charge >= 0.3 is 26.9 Å². The molecule has 0 aliphatic heterocycles. The highest BCUT2D eigenvalue weighted by molar-refractivity contribution is 7.91. The quantitative estimate of drug-likeness (QED) is 0.293. The molecule has 1 aromatic rings. The summed E-state index contributed by atoms with van der Waals surface area (Å²) in [5, 5.41) is 33.2. The Hall–Kier alpha value is -2.36. The molecule has 130 valence electrons. The Bertz CT molecular complexity index is 845. The lowest BCUT2D eigenvalue weighted by molar-refractivity contribution is -0.149. The van der Waals surface area contributed by atoms with E-state index < -0.39 is 58.6 Å². The van der Waals surface area contributed by atoms with Crippen LogP contribution in [0.15, 0.2) is 12.1 Å². The number of aromatic hydroxyl groups is 2. The SMILES string of the molecule is O=C(O)C(C(C(=O)O)(n1c(O)ccc1O)S(=O)(=O)O)S(=O)(=O)O. The van der Waals surface area contributed by atoms with Crippen molar-refractivity contribution < 1.29 is 56.0 Å². The molecule has 15 heteroatoms. The fraction of sp³-hybridized carbons (Fsp3) is 0.250. The van der Waals surface area contributed by atoms with Crippen molar-refractivity contribution in [3.63, 3.8) is 0 Å². The number of aromatic nitrogens is 1. The van der Waals surface area contributed by atoms with Crippen LogP contribution in [0.4, 0.5) is 0 Å². The van der Waals surface area contributed by atoms with Crippen LogP contribution in [-0.4, -0.2) is 68.1 Å². The first-order valence-corrected chi connectivity index (χ1v) is 8.13. The van der Waals surface area contributed by atoms with Gasteiger partial charge < -0.3 is 20.4 Å². The number of carbonyl (C=O) groups is 2. The van der Waals surface area contributed by atoms with E-state index in [9.17, 15) is 41.2 Å². The molecule has 0 amide bonds. The van der Waals surface area contributed by atoms with Crippen molar-refractivity contribution in [1.82, 2.24) is 4.57 Å². The van der Waals surface area contributed by atoms with Crippen molar-refractivity contribution in [2.24, 2.45) is 0 Å². The second-order valence-electron chi connectivity index (χ2n) is 4.10. The van der Waals surface area contributed by atoms with Gasteiger partial charge in [0.1, 0.15) is 0 Å². The van der Waals surface area contributed by atoms with Gasteiger partial charge in [0, 0.05) is 12.1 Å². The third-order valence-corrected chi connectivity index (χ3v) is 5.42. The normalized spacial score (nSPS) is 16.4. The summed E-state index contributed by atoms with van der Waals surface area (Å²) >= 11 is 0. The van der Waals surface area contributed by atoms with E-state index in [1.165, 1.54) is 0 Å². The Labute approximate surface area is 127 Å². The van der Waals surface area contributed by atoms with E-state index in [-0.39, 0.29) is 0 Å². The molecule has 2 atom stereocenters. The lowest BCUT2D eigenvalue weighted by atomic mass is 10.2. The van der Waals surface area contributed by atoms with Crippen molar-refractivity contribution in [1.29, 1.82) is 0 Å². The lowest BCUT2D eigenvalue weighted by Gasteiger charge is -2.31. The van der Waals surface area contributed by atoms with Crippen molar-refractivity contribution in [2.45, 2.75) is 10.1 Å². The van der Waals surface area contributed by atoms with Crippen LogP contribution in [0.25, 0.3) is 0 Å². The second kappa shape index (κ2) is 5.37. The summed E-state index contributed by atoms with van der Waals surface area (Å²) in [4.78, 5) is 18.1. The van der Waals surface area contributed by atoms with Crippen LogP contribution in [0.3, 0.4) is 0 Å². The first-order valence-electron chi connectivity index (χ1n) is 5.18. The zero-order valence-corrected chi connectivity index (χ0v) is 12.3. The van der Waals surface area contributed by atoms with Gasteiger partial charge in [0.2, 0.25) is 5.25 Å². The number of rotatable bonds is 6. The maximum atomic E-state index is 11.6. The van der Waals surface area contributed by atoms with Crippen LogP contribution in [0, 0.1) is 0 Å². The number of carboxylic acids is 2. The van der Waals surface area contributed by atoms with Crippen molar-refractivity contribution in [2.75, 3.05) is 0 Å². The summed E-state index contributed by atoms with van der Waals surface area (Å²) in [7, 11) is -12.2. The smallest absolute Gasteiger partial charge is 0.350 e. The summed E-state index contributed by atoms with van der Waals surface area (Å²) in [5.41, 5.74) is 0. The van der Waals surface area contributed by atoms with Crippen LogP contribution in [0.1, 0.15) is 0 Å². The Morgan fingerprint density at radius 1 is 1.00 bits per heavy atom. The Kier molecular flexibility index (Phi) is 4.37. The van der Waals surface area contributed by atoms with E-state index in [1.54, 1.807) is 0 Å². The Morgan fingerprint density at radius 3 is 1.61 bits per heavy atom. The van der Waals surface area contributed by atoms with Gasteiger partial charge in [-0.25, -0.2) is 9.36 Å². The van der Waals surface area contributed by atoms with Gasteiger partial charge in [-0.05, 0) is 0 Å². The highest BCUT2D eigenvalue weighted by atomic mass is 32.2. The predicted molar refractivity (Wildman–Crippen MR) is 67.9 cm³/mol. The van der Waals surface area contributed by atoms with E-state index in [2.05, 4.69) is 0 Å². The molecule has 0 fully saturated rings. The van der Waals surface area contributed by atoms with E-state index in [0.717, 1.165) is 0 Å². The van der Waals surface area contributed by atoms with Crippen molar-refractivity contribution >= 4 is 32.2 Å². The largest absolute Gasteiger partial charge is 0.494 e. The Balaban J connectivity index is 4.21. The number of carboxylic acid groups (broad SMARTS) is 2. The van der Waals surface area contributed by atoms with Gasteiger partial charge in [0.15, 0.2) is 11.8 Å². The third kappa shape index (κ3) is 2.69. The van der Waals surface area contributed by atoms with E-state index in [4.69, 9.17) is 14.8 Å². The minimum Gasteiger partial charge on any atom is -0.494 e. The van der Waals surface area contributed by atoms with Crippen molar-refractivity contribution in [3.05, 3.63) is 12.1 Å². The molecule has 6 N–H and O–H groups in total. The summed E-state index contributed by atoms with van der Waals surface area (Å²) in [6.45, 7) is 0. The third-order valence-electron chi connectivity index (χ3n) is 2.75. The molecule has 0 radical (unpaired) electrons. The average Bonchev–Trinajstić information content (AvgIpc) is 2.62. The summed E-state index contributed by atoms with van der Waals surface area (Å²) in [6.07, 6.45) is 0. The zero-order valence-electron chi connectivity index (χ0n) is 10.6. The Morgan fingerprint density at radius 2 is 1.39 bits per heavy atom. The summed E-state index contributed by atoms with van der Waals surface area (Å²) in [5.74, 6) is -8.35. The second-order valence-corrected chi connectivity index (χ2v) is 7.17. The lowest BCUT2D eigenvalue weighted by Crippen LogP contribution is -2.62. The highest BCUT2D eigenvalue weighted by Crippen LogP contribution is 2.40. The van der Waals surface area contributed by atoms with Gasteiger partial charge in [-0.15, -0.1) is 0 Å². The average molecular weight is 375 g/mol. The molecule has 0 aliphatic rings. The van der Waals surface area contributed by atoms with Crippen LogP contribution in [-0.2, 0) is 34.7 Å². The molecule has 0 saturated carbocycles. The topological polar surface area (TPSA) is 229 Å². The molecule has 1 heterocycles. The van der Waals surface area contributed by atoms with Gasteiger partial charge in [-0.1, -0.05) is 0 Å². The fourth-order valence-corrected chi connectivity index (χ4v) is 4.54. The minimum absolute atomic E-state index is 0.487. The molecule has 13 nitrogen and oxygen atoms in total. The summed E-state index contributed by atoms with van der Waals surface area (Å²) in [6, 6.07) is 0.974. The van der Waals surface area contributed by atoms with Gasteiger partial charge in [0.25, 0.3) is 10.1 Å². The monoisotopic (exact) mass is 375 g/mol. The predicted octanol–water partition coefficient (Wildman–Crippen LogP) is -2.13. The molecular weight excluding hydrogens is 366 g/mol. The molecule has 0 saturated heterocycles. The molecule has 1 rings (SSSR count). The number of nitrogens with zero attached hydrogens (tertiary/aromatic N) is 1. The number of hydrogen-bond donors (Lipinski definition) is 6. The fourth-order valence-electron chi connectivity index (χ4n) is 1.94. The van der Waals surface area contributed by atoms with Crippen molar-refractivity contribution in [3.8, 4) is 11.8 Å². The molecular formula is C8H9NO12S2. The van der Waals surface area contributed by atoms with Crippen LogP contribution < -0.4 is 0 Å². The van der Waals surface area contributed by atoms with Crippen LogP contribution in [0.2, 0.25) is 0 Å². The zero-order chi connectivity index (χ0) is 18.4. The molecule has 0 spiro atoms. The van der Waals surface area contributed by atoms with Crippen LogP contribution >= 0.6 is 0 Å². The highest BCUT2D eigenvalue weighted by Gasteiger charge is 2.68. The molecule has 23 heavy (non-hydrogen) atoms. The molecule has 0 bridgehead atoms. The maximum absolute atomic E-state index is 11.6. The molecule has 2 unspecified atom stereocenters. The van der Waals surface area contributed by atoms with Gasteiger partial charge in [-0.3, -0.25) is 13.9 Å². The molecule has 0 aliphatic carbocycles. The van der Waals surface area contributed by atoms with Crippen LogP contribution in [0.5, 0.6) is 11.8 Å². The number of hydrogen-bond acceptors (Lipinski definition) is 8. The standard InChI is InChI=1S/C8H9NO12S2/c10-3-1-2-4(11)9(3)8(7(14)15,23(19,20)21)5(6(12)13)22(16,17)18/h1-2,5,10-11H,(H,12,13)(H,14,15)(H,16,17,18)(H,19,20,21). The minimum atomic E-state index is -6.20. The van der Waals surface area contributed by atoms with Gasteiger partial charge in [0.05, 0.1) is 0 Å².